The minimum Gasteiger partial charge on any atom is -0.405 e. The molecule has 0 unspecified atom stereocenters. The summed E-state index contributed by atoms with van der Waals surface area (Å²) in [6, 6.07) is 29.6. The SMILES string of the molecule is [N-]=[N+]=Nc1cccc(Oc2ccc3ccccc3[n+]2Cc2ccccc2)c1. The Labute approximate surface area is 156 Å². The molecule has 3 aromatic carbocycles. The number of azide groups is 1. The molecule has 0 aliphatic rings. The molecule has 27 heavy (non-hydrogen) atoms. The van der Waals surface area contributed by atoms with E-state index in [2.05, 4.69) is 38.9 Å². The van der Waals surface area contributed by atoms with Crippen LogP contribution in [0.4, 0.5) is 5.69 Å². The van der Waals surface area contributed by atoms with E-state index in [-0.39, 0.29) is 0 Å². The predicted octanol–water partition coefficient (Wildman–Crippen LogP) is 5.91. The van der Waals surface area contributed by atoms with E-state index in [0.29, 0.717) is 18.0 Å². The van der Waals surface area contributed by atoms with E-state index in [1.807, 2.05) is 54.6 Å². The molecule has 1 heterocycles. The minimum absolute atomic E-state index is 0.519. The van der Waals surface area contributed by atoms with Gasteiger partial charge in [-0.05, 0) is 29.8 Å². The molecule has 0 N–H and O–H groups in total. The van der Waals surface area contributed by atoms with Crippen LogP contribution in [0.2, 0.25) is 0 Å². The second-order valence-electron chi connectivity index (χ2n) is 6.09. The standard InChI is InChI=1S/C22H17N4O/c23-25-24-19-10-6-11-20(15-19)27-22-14-13-18-9-4-5-12-21(18)26(22)16-17-7-2-1-3-8-17/h1-15H,16H2/q+1. The minimum atomic E-state index is 0.519. The predicted molar refractivity (Wildman–Crippen MR) is 105 cm³/mol. The van der Waals surface area contributed by atoms with E-state index in [1.165, 1.54) is 5.56 Å². The summed E-state index contributed by atoms with van der Waals surface area (Å²) in [7, 11) is 0. The number of nitrogens with zero attached hydrogens (tertiary/aromatic N) is 4. The topological polar surface area (TPSA) is 61.9 Å². The zero-order valence-corrected chi connectivity index (χ0v) is 14.6. The smallest absolute Gasteiger partial charge is 0.374 e. The monoisotopic (exact) mass is 353 g/mol. The van der Waals surface area contributed by atoms with Gasteiger partial charge in [-0.25, -0.2) is 0 Å². The molecule has 0 bridgehead atoms. The van der Waals surface area contributed by atoms with Crippen LogP contribution < -0.4 is 9.30 Å². The maximum Gasteiger partial charge on any atom is 0.374 e. The zero-order valence-electron chi connectivity index (χ0n) is 14.6. The molecule has 0 saturated carbocycles. The molecule has 4 rings (SSSR count). The van der Waals surface area contributed by atoms with Crippen LogP contribution in [0.1, 0.15) is 5.56 Å². The van der Waals surface area contributed by atoms with Gasteiger partial charge < -0.3 is 4.74 Å². The molecule has 0 atom stereocenters. The van der Waals surface area contributed by atoms with Crippen molar-refractivity contribution in [1.82, 2.24) is 0 Å². The molecular formula is C22H17N4O+. The summed E-state index contributed by atoms with van der Waals surface area (Å²) in [6.07, 6.45) is 0. The fraction of sp³-hybridized carbons (Fsp3) is 0.0455. The number of benzene rings is 3. The molecule has 1 aromatic heterocycles. The second-order valence-corrected chi connectivity index (χ2v) is 6.09. The van der Waals surface area contributed by atoms with Crippen LogP contribution in [0.3, 0.4) is 0 Å². The van der Waals surface area contributed by atoms with Gasteiger partial charge in [0.2, 0.25) is 5.52 Å². The molecule has 5 nitrogen and oxygen atoms in total. The number of ether oxygens (including phenoxy) is 1. The van der Waals surface area contributed by atoms with Gasteiger partial charge in [0.1, 0.15) is 5.75 Å². The van der Waals surface area contributed by atoms with Crippen LogP contribution in [-0.2, 0) is 6.54 Å². The highest BCUT2D eigenvalue weighted by Crippen LogP contribution is 2.25. The van der Waals surface area contributed by atoms with Crippen molar-refractivity contribution in [3.8, 4) is 11.6 Å². The highest BCUT2D eigenvalue weighted by Gasteiger charge is 2.18. The third-order valence-corrected chi connectivity index (χ3v) is 4.28. The maximum absolute atomic E-state index is 8.64. The number of para-hydroxylation sites is 1. The molecule has 0 amide bonds. The van der Waals surface area contributed by atoms with E-state index in [0.717, 1.165) is 16.8 Å². The van der Waals surface area contributed by atoms with Crippen LogP contribution in [0, 0.1) is 0 Å². The fourth-order valence-electron chi connectivity index (χ4n) is 3.04. The van der Waals surface area contributed by atoms with Crippen LogP contribution in [-0.4, -0.2) is 0 Å². The van der Waals surface area contributed by atoms with Crippen LogP contribution in [0.25, 0.3) is 21.3 Å². The summed E-state index contributed by atoms with van der Waals surface area (Å²) in [4.78, 5) is 2.83. The molecule has 5 heteroatoms. The summed E-state index contributed by atoms with van der Waals surface area (Å²) in [5.41, 5.74) is 11.4. The molecule has 0 fully saturated rings. The van der Waals surface area contributed by atoms with Crippen molar-refractivity contribution in [3.05, 3.63) is 107 Å². The van der Waals surface area contributed by atoms with E-state index in [1.54, 1.807) is 12.1 Å². The molecule has 4 aromatic rings. The first kappa shape index (κ1) is 16.6. The van der Waals surface area contributed by atoms with E-state index >= 15 is 0 Å². The maximum atomic E-state index is 8.64. The first-order chi connectivity index (χ1) is 13.3. The number of hydrogen-bond acceptors (Lipinski definition) is 2. The lowest BCUT2D eigenvalue weighted by atomic mass is 10.2. The fourth-order valence-corrected chi connectivity index (χ4v) is 3.04. The van der Waals surface area contributed by atoms with Gasteiger partial charge in [0.25, 0.3) is 0 Å². The molecule has 0 saturated heterocycles. The Kier molecular flexibility index (Phi) is 4.68. The highest BCUT2D eigenvalue weighted by atomic mass is 16.5. The number of fused-ring (bicyclic) bond motifs is 1. The molecule has 0 spiro atoms. The third-order valence-electron chi connectivity index (χ3n) is 4.28. The number of aromatic nitrogens is 1. The van der Waals surface area contributed by atoms with Gasteiger partial charge in [0, 0.05) is 27.6 Å². The Bertz CT molecular complexity index is 1140. The van der Waals surface area contributed by atoms with Gasteiger partial charge in [-0.15, -0.1) is 0 Å². The summed E-state index contributed by atoms with van der Waals surface area (Å²) in [5, 5.41) is 4.79. The average molecular weight is 353 g/mol. The summed E-state index contributed by atoms with van der Waals surface area (Å²) < 4.78 is 8.30. The van der Waals surface area contributed by atoms with Gasteiger partial charge in [-0.1, -0.05) is 59.7 Å². The van der Waals surface area contributed by atoms with Gasteiger partial charge in [-0.2, -0.15) is 4.57 Å². The Balaban J connectivity index is 1.79. The molecular weight excluding hydrogens is 336 g/mol. The van der Waals surface area contributed by atoms with Crippen LogP contribution in [0.15, 0.2) is 96.1 Å². The van der Waals surface area contributed by atoms with Crippen LogP contribution >= 0.6 is 0 Å². The molecule has 0 aliphatic heterocycles. The van der Waals surface area contributed by atoms with Crippen molar-refractivity contribution < 1.29 is 9.30 Å². The van der Waals surface area contributed by atoms with Gasteiger partial charge in [0.05, 0.1) is 6.07 Å². The van der Waals surface area contributed by atoms with Crippen molar-refractivity contribution >= 4 is 16.6 Å². The third kappa shape index (κ3) is 3.73. The highest BCUT2D eigenvalue weighted by molar-refractivity contribution is 5.75. The molecule has 0 radical (unpaired) electrons. The van der Waals surface area contributed by atoms with Crippen molar-refractivity contribution in [2.75, 3.05) is 0 Å². The number of hydrogen-bond donors (Lipinski definition) is 0. The summed E-state index contributed by atoms with van der Waals surface area (Å²) in [6.45, 7) is 0.688. The second kappa shape index (κ2) is 7.60. The summed E-state index contributed by atoms with van der Waals surface area (Å²) >= 11 is 0. The van der Waals surface area contributed by atoms with Crippen molar-refractivity contribution in [2.45, 2.75) is 6.54 Å². The zero-order chi connectivity index (χ0) is 18.5. The number of rotatable bonds is 5. The Morgan fingerprint density at radius 3 is 2.52 bits per heavy atom. The largest absolute Gasteiger partial charge is 0.405 e. The van der Waals surface area contributed by atoms with Crippen molar-refractivity contribution in [1.29, 1.82) is 0 Å². The lowest BCUT2D eigenvalue weighted by molar-refractivity contribution is -0.666. The first-order valence-electron chi connectivity index (χ1n) is 8.62. The Morgan fingerprint density at radius 1 is 0.852 bits per heavy atom. The van der Waals surface area contributed by atoms with E-state index in [4.69, 9.17) is 10.3 Å². The summed E-state index contributed by atoms with van der Waals surface area (Å²) in [5.74, 6) is 1.34. The van der Waals surface area contributed by atoms with E-state index in [9.17, 15) is 0 Å². The average Bonchev–Trinajstić information content (AvgIpc) is 2.71. The Morgan fingerprint density at radius 2 is 1.67 bits per heavy atom. The first-order valence-corrected chi connectivity index (χ1v) is 8.62. The van der Waals surface area contributed by atoms with Gasteiger partial charge in [-0.3, -0.25) is 0 Å². The van der Waals surface area contributed by atoms with Gasteiger partial charge in [0.15, 0.2) is 6.54 Å². The van der Waals surface area contributed by atoms with Crippen molar-refractivity contribution in [3.63, 3.8) is 0 Å². The molecule has 0 aliphatic carbocycles. The molecule has 130 valence electrons. The lowest BCUT2D eigenvalue weighted by Crippen LogP contribution is -2.36. The van der Waals surface area contributed by atoms with Gasteiger partial charge >= 0.3 is 5.88 Å². The Hall–Kier alpha value is -3.82. The quantitative estimate of drug-likeness (QED) is 0.190. The normalized spacial score (nSPS) is 10.4. The number of pyridine rings is 1. The van der Waals surface area contributed by atoms with E-state index < -0.39 is 0 Å². The van der Waals surface area contributed by atoms with Crippen molar-refractivity contribution in [2.24, 2.45) is 5.11 Å². The van der Waals surface area contributed by atoms with Crippen LogP contribution in [0.5, 0.6) is 11.6 Å². The lowest BCUT2D eigenvalue weighted by Gasteiger charge is -2.09.